The molecule has 2 N–H and O–H groups in total. The predicted octanol–water partition coefficient (Wildman–Crippen LogP) is 5.92. The first kappa shape index (κ1) is 20.1. The molecule has 1 atom stereocenters. The zero-order valence-electron chi connectivity index (χ0n) is 15.7. The second-order valence-corrected chi connectivity index (χ2v) is 7.75. The van der Waals surface area contributed by atoms with Gasteiger partial charge in [0.1, 0.15) is 28.3 Å². The fourth-order valence-electron chi connectivity index (χ4n) is 2.76. The van der Waals surface area contributed by atoms with E-state index in [9.17, 15) is 9.90 Å². The second kappa shape index (κ2) is 9.09. The van der Waals surface area contributed by atoms with Crippen molar-refractivity contribution in [3.63, 3.8) is 0 Å². The van der Waals surface area contributed by atoms with Crippen LogP contribution in [0.2, 0.25) is 5.02 Å². The number of anilines is 1. The van der Waals surface area contributed by atoms with Crippen LogP contribution in [0, 0.1) is 0 Å². The number of para-hydroxylation sites is 1. The van der Waals surface area contributed by atoms with Gasteiger partial charge in [0.25, 0.3) is 5.91 Å². The van der Waals surface area contributed by atoms with E-state index >= 15 is 0 Å². The maximum Gasteiger partial charge on any atom is 0.275 e. The number of aliphatic hydroxyl groups is 1. The third-order valence-corrected chi connectivity index (χ3v) is 5.38. The van der Waals surface area contributed by atoms with Crippen LogP contribution in [0.25, 0.3) is 0 Å². The van der Waals surface area contributed by atoms with E-state index in [0.29, 0.717) is 27.0 Å². The van der Waals surface area contributed by atoms with E-state index in [-0.39, 0.29) is 11.6 Å². The number of nitrogens with one attached hydrogen (secondary N) is 1. The summed E-state index contributed by atoms with van der Waals surface area (Å²) in [4.78, 5) is 16.8. The Morgan fingerprint density at radius 3 is 2.47 bits per heavy atom. The van der Waals surface area contributed by atoms with Crippen molar-refractivity contribution in [2.45, 2.75) is 6.10 Å². The summed E-state index contributed by atoms with van der Waals surface area (Å²) in [5, 5.41) is 15.9. The maximum absolute atomic E-state index is 12.5. The highest BCUT2D eigenvalue weighted by Gasteiger charge is 2.18. The molecule has 0 saturated heterocycles. The van der Waals surface area contributed by atoms with Crippen LogP contribution in [0.5, 0.6) is 11.5 Å². The van der Waals surface area contributed by atoms with Gasteiger partial charge in [-0.2, -0.15) is 0 Å². The molecule has 0 spiro atoms. The lowest BCUT2D eigenvalue weighted by atomic mass is 10.1. The fourth-order valence-corrected chi connectivity index (χ4v) is 3.77. The minimum atomic E-state index is -0.940. The molecule has 1 aromatic heterocycles. The lowest BCUT2D eigenvalue weighted by Gasteiger charge is -2.08. The molecular weight excluding hydrogens is 420 g/mol. The molecular formula is C23H17ClN2O3S. The summed E-state index contributed by atoms with van der Waals surface area (Å²) in [7, 11) is 0. The van der Waals surface area contributed by atoms with Crippen LogP contribution >= 0.6 is 22.9 Å². The number of hydrogen-bond donors (Lipinski definition) is 2. The van der Waals surface area contributed by atoms with Gasteiger partial charge in [-0.05, 0) is 54.1 Å². The summed E-state index contributed by atoms with van der Waals surface area (Å²) >= 11 is 7.19. The predicted molar refractivity (Wildman–Crippen MR) is 119 cm³/mol. The lowest BCUT2D eigenvalue weighted by molar-refractivity contribution is 0.102. The molecule has 0 saturated carbocycles. The van der Waals surface area contributed by atoms with Crippen molar-refractivity contribution < 1.29 is 14.6 Å². The molecule has 0 aliphatic carbocycles. The summed E-state index contributed by atoms with van der Waals surface area (Å²) < 4.78 is 5.74. The van der Waals surface area contributed by atoms with Crippen molar-refractivity contribution in [3.05, 3.63) is 106 Å². The van der Waals surface area contributed by atoms with Crippen LogP contribution in [0.1, 0.15) is 27.2 Å². The number of carbonyl (C=O) groups is 1. The molecule has 5 nitrogen and oxygen atoms in total. The zero-order valence-corrected chi connectivity index (χ0v) is 17.2. The van der Waals surface area contributed by atoms with Gasteiger partial charge < -0.3 is 15.2 Å². The quantitative estimate of drug-likeness (QED) is 0.393. The molecule has 3 aromatic carbocycles. The molecule has 0 radical (unpaired) electrons. The van der Waals surface area contributed by atoms with Crippen molar-refractivity contribution in [3.8, 4) is 11.5 Å². The molecule has 30 heavy (non-hydrogen) atoms. The molecule has 150 valence electrons. The highest BCUT2D eigenvalue weighted by molar-refractivity contribution is 7.10. The Balaban J connectivity index is 1.40. The average Bonchev–Trinajstić information content (AvgIpc) is 3.26. The van der Waals surface area contributed by atoms with E-state index < -0.39 is 6.10 Å². The zero-order chi connectivity index (χ0) is 20.9. The van der Waals surface area contributed by atoms with Crippen LogP contribution < -0.4 is 10.1 Å². The van der Waals surface area contributed by atoms with Gasteiger partial charge in [0.05, 0.1) is 0 Å². The standard InChI is InChI=1S/C23H17ClN2O3S/c24-16-6-4-5-15(13-16)21(27)23-26-20(14-30-23)22(28)25-17-9-11-19(12-10-17)29-18-7-2-1-3-8-18/h1-14,21,27H,(H,25,28). The van der Waals surface area contributed by atoms with Crippen LogP contribution in [-0.4, -0.2) is 16.0 Å². The molecule has 4 rings (SSSR count). The Kier molecular flexibility index (Phi) is 6.09. The number of hydrogen-bond acceptors (Lipinski definition) is 5. The van der Waals surface area contributed by atoms with E-state index in [1.54, 1.807) is 53.9 Å². The normalized spacial score (nSPS) is 11.7. The van der Waals surface area contributed by atoms with E-state index in [2.05, 4.69) is 10.3 Å². The van der Waals surface area contributed by atoms with Crippen LogP contribution in [0.3, 0.4) is 0 Å². The van der Waals surface area contributed by atoms with E-state index in [0.717, 1.165) is 5.75 Å². The molecule has 4 aromatic rings. The van der Waals surface area contributed by atoms with E-state index in [4.69, 9.17) is 16.3 Å². The van der Waals surface area contributed by atoms with E-state index in [1.807, 2.05) is 30.3 Å². The van der Waals surface area contributed by atoms with Crippen molar-refractivity contribution in [2.24, 2.45) is 0 Å². The van der Waals surface area contributed by atoms with Crippen LogP contribution in [0.4, 0.5) is 5.69 Å². The Morgan fingerprint density at radius 1 is 1.00 bits per heavy atom. The van der Waals surface area contributed by atoms with Gasteiger partial charge in [0.2, 0.25) is 0 Å². The first-order chi connectivity index (χ1) is 14.6. The smallest absolute Gasteiger partial charge is 0.275 e. The minimum absolute atomic E-state index is 0.237. The molecule has 0 bridgehead atoms. The van der Waals surface area contributed by atoms with Gasteiger partial charge in [-0.3, -0.25) is 4.79 Å². The molecule has 7 heteroatoms. The maximum atomic E-state index is 12.5. The first-order valence-corrected chi connectivity index (χ1v) is 10.4. The fraction of sp³-hybridized carbons (Fsp3) is 0.0435. The summed E-state index contributed by atoms with van der Waals surface area (Å²) in [6, 6.07) is 23.4. The van der Waals surface area contributed by atoms with Crippen molar-refractivity contribution in [1.82, 2.24) is 4.98 Å². The molecule has 0 fully saturated rings. The SMILES string of the molecule is O=C(Nc1ccc(Oc2ccccc2)cc1)c1csc(C(O)c2cccc(Cl)c2)n1. The number of amides is 1. The van der Waals surface area contributed by atoms with Crippen molar-refractivity contribution >= 4 is 34.5 Å². The highest BCUT2D eigenvalue weighted by atomic mass is 35.5. The van der Waals surface area contributed by atoms with Crippen LogP contribution in [-0.2, 0) is 0 Å². The summed E-state index contributed by atoms with van der Waals surface area (Å²) in [6.07, 6.45) is -0.940. The molecule has 1 heterocycles. The number of aromatic nitrogens is 1. The Morgan fingerprint density at radius 2 is 1.73 bits per heavy atom. The van der Waals surface area contributed by atoms with Gasteiger partial charge in [0.15, 0.2) is 0 Å². The Bertz CT molecular complexity index is 1150. The summed E-state index contributed by atoms with van der Waals surface area (Å²) in [5.41, 5.74) is 1.48. The topological polar surface area (TPSA) is 71.5 Å². The van der Waals surface area contributed by atoms with Gasteiger partial charge in [0, 0.05) is 16.1 Å². The molecule has 1 unspecified atom stereocenters. The number of rotatable bonds is 6. The number of ether oxygens (including phenoxy) is 1. The van der Waals surface area contributed by atoms with Crippen molar-refractivity contribution in [2.75, 3.05) is 5.32 Å². The van der Waals surface area contributed by atoms with Gasteiger partial charge in [-0.15, -0.1) is 11.3 Å². The number of nitrogens with zero attached hydrogens (tertiary/aromatic N) is 1. The third kappa shape index (κ3) is 4.86. The van der Waals surface area contributed by atoms with E-state index in [1.165, 1.54) is 11.3 Å². The largest absolute Gasteiger partial charge is 0.457 e. The number of carbonyl (C=O) groups excluding carboxylic acids is 1. The molecule has 0 aliphatic heterocycles. The second-order valence-electron chi connectivity index (χ2n) is 6.42. The Hall–Kier alpha value is -3.19. The van der Waals surface area contributed by atoms with Crippen LogP contribution in [0.15, 0.2) is 84.2 Å². The highest BCUT2D eigenvalue weighted by Crippen LogP contribution is 2.27. The average molecular weight is 437 g/mol. The monoisotopic (exact) mass is 436 g/mol. The third-order valence-electron chi connectivity index (χ3n) is 4.24. The van der Waals surface area contributed by atoms with Crippen molar-refractivity contribution in [1.29, 1.82) is 0 Å². The van der Waals surface area contributed by atoms with Gasteiger partial charge >= 0.3 is 0 Å². The Labute approximate surface area is 182 Å². The first-order valence-electron chi connectivity index (χ1n) is 9.12. The number of halogens is 1. The molecule has 1 amide bonds. The summed E-state index contributed by atoms with van der Waals surface area (Å²) in [5.74, 6) is 1.05. The minimum Gasteiger partial charge on any atom is -0.457 e. The number of benzene rings is 3. The summed E-state index contributed by atoms with van der Waals surface area (Å²) in [6.45, 7) is 0. The lowest BCUT2D eigenvalue weighted by Crippen LogP contribution is -2.12. The van der Waals surface area contributed by atoms with Gasteiger partial charge in [-0.1, -0.05) is 41.9 Å². The molecule has 0 aliphatic rings. The number of aliphatic hydroxyl groups excluding tert-OH is 1. The van der Waals surface area contributed by atoms with Gasteiger partial charge in [-0.25, -0.2) is 4.98 Å². The number of thiazole rings is 1.